The Morgan fingerprint density at radius 3 is 2.25 bits per heavy atom. The number of hydrogen-bond donors (Lipinski definition) is 1. The smallest absolute Gasteiger partial charge is 0.0115 e. The van der Waals surface area contributed by atoms with Crippen LogP contribution in [0.4, 0.5) is 0 Å². The zero-order valence-electron chi connectivity index (χ0n) is 13.3. The van der Waals surface area contributed by atoms with Crippen molar-refractivity contribution in [1.29, 1.82) is 0 Å². The molecule has 3 aliphatic rings. The lowest BCUT2D eigenvalue weighted by Crippen LogP contribution is -2.57. The molecule has 0 saturated carbocycles. The van der Waals surface area contributed by atoms with Gasteiger partial charge in [0, 0.05) is 31.2 Å². The van der Waals surface area contributed by atoms with Crippen molar-refractivity contribution in [2.45, 2.75) is 76.4 Å². The van der Waals surface area contributed by atoms with Gasteiger partial charge in [-0.25, -0.2) is 0 Å². The highest BCUT2D eigenvalue weighted by molar-refractivity contribution is 4.95. The van der Waals surface area contributed by atoms with E-state index in [1.807, 2.05) is 0 Å². The van der Waals surface area contributed by atoms with Crippen LogP contribution in [0.2, 0.25) is 0 Å². The Morgan fingerprint density at radius 2 is 1.60 bits per heavy atom. The molecule has 3 aliphatic heterocycles. The highest BCUT2D eigenvalue weighted by Gasteiger charge is 2.37. The monoisotopic (exact) mass is 279 g/mol. The fourth-order valence-electron chi connectivity index (χ4n) is 4.74. The number of nitrogens with one attached hydrogen (secondary N) is 1. The topological polar surface area (TPSA) is 18.5 Å². The van der Waals surface area contributed by atoms with Crippen LogP contribution in [-0.4, -0.2) is 60.6 Å². The Kier molecular flexibility index (Phi) is 5.36. The van der Waals surface area contributed by atoms with E-state index in [2.05, 4.69) is 22.0 Å². The molecule has 3 rings (SSSR count). The molecule has 1 N–H and O–H groups in total. The zero-order chi connectivity index (χ0) is 13.8. The van der Waals surface area contributed by atoms with Gasteiger partial charge in [-0.3, -0.25) is 4.90 Å². The summed E-state index contributed by atoms with van der Waals surface area (Å²) in [6, 6.07) is 2.54. The number of likely N-dealkylation sites (tertiary alicyclic amines) is 1. The van der Waals surface area contributed by atoms with E-state index < -0.39 is 0 Å². The van der Waals surface area contributed by atoms with Crippen LogP contribution in [0, 0.1) is 0 Å². The minimum absolute atomic E-state index is 0.793. The van der Waals surface area contributed by atoms with Crippen LogP contribution in [0.15, 0.2) is 0 Å². The van der Waals surface area contributed by atoms with Crippen molar-refractivity contribution >= 4 is 0 Å². The largest absolute Gasteiger partial charge is 0.314 e. The molecule has 0 aromatic carbocycles. The van der Waals surface area contributed by atoms with Crippen molar-refractivity contribution in [1.82, 2.24) is 15.1 Å². The molecule has 3 fully saturated rings. The Morgan fingerprint density at radius 1 is 0.900 bits per heavy atom. The van der Waals surface area contributed by atoms with Crippen molar-refractivity contribution in [3.8, 4) is 0 Å². The Labute approximate surface area is 125 Å². The lowest BCUT2D eigenvalue weighted by molar-refractivity contribution is 0.0161. The predicted molar refractivity (Wildman–Crippen MR) is 85.1 cm³/mol. The maximum Gasteiger partial charge on any atom is 0.0115 e. The molecule has 20 heavy (non-hydrogen) atoms. The summed E-state index contributed by atoms with van der Waals surface area (Å²) >= 11 is 0. The molecule has 3 nitrogen and oxygen atoms in total. The Hall–Kier alpha value is -0.120. The first-order valence-corrected chi connectivity index (χ1v) is 9.08. The quantitative estimate of drug-likeness (QED) is 0.834. The summed E-state index contributed by atoms with van der Waals surface area (Å²) in [7, 11) is 0. The predicted octanol–water partition coefficient (Wildman–Crippen LogP) is 2.47. The summed E-state index contributed by atoms with van der Waals surface area (Å²) in [4.78, 5) is 5.58. The SMILES string of the molecule is CCNC1CC2CCCC(C1)N2CCN1CCCCC1. The van der Waals surface area contributed by atoms with Crippen molar-refractivity contribution in [3.05, 3.63) is 0 Å². The molecule has 0 aromatic heterocycles. The van der Waals surface area contributed by atoms with E-state index in [9.17, 15) is 0 Å². The fraction of sp³-hybridized carbons (Fsp3) is 1.00. The van der Waals surface area contributed by atoms with Gasteiger partial charge in [-0.05, 0) is 58.2 Å². The molecular formula is C17H33N3. The zero-order valence-corrected chi connectivity index (χ0v) is 13.3. The number of rotatable bonds is 5. The average molecular weight is 279 g/mol. The summed E-state index contributed by atoms with van der Waals surface area (Å²) in [6.45, 7) is 8.73. The van der Waals surface area contributed by atoms with Gasteiger partial charge in [0.2, 0.25) is 0 Å². The van der Waals surface area contributed by atoms with Crippen molar-refractivity contribution in [2.24, 2.45) is 0 Å². The van der Waals surface area contributed by atoms with E-state index in [4.69, 9.17) is 0 Å². The van der Waals surface area contributed by atoms with Gasteiger partial charge in [-0.2, -0.15) is 0 Å². The molecule has 0 amide bonds. The highest BCUT2D eigenvalue weighted by Crippen LogP contribution is 2.33. The van der Waals surface area contributed by atoms with Crippen LogP contribution in [0.1, 0.15) is 58.3 Å². The summed E-state index contributed by atoms with van der Waals surface area (Å²) in [5.41, 5.74) is 0. The van der Waals surface area contributed by atoms with Crippen LogP contribution >= 0.6 is 0 Å². The van der Waals surface area contributed by atoms with Crippen LogP contribution in [0.3, 0.4) is 0 Å². The van der Waals surface area contributed by atoms with Gasteiger partial charge < -0.3 is 10.2 Å². The maximum atomic E-state index is 3.70. The molecule has 3 saturated heterocycles. The van der Waals surface area contributed by atoms with Gasteiger partial charge in [-0.1, -0.05) is 19.8 Å². The van der Waals surface area contributed by atoms with Crippen molar-refractivity contribution < 1.29 is 0 Å². The van der Waals surface area contributed by atoms with E-state index in [-0.39, 0.29) is 0 Å². The first kappa shape index (κ1) is 14.8. The molecule has 2 unspecified atom stereocenters. The molecule has 3 heteroatoms. The second kappa shape index (κ2) is 7.24. The summed E-state index contributed by atoms with van der Waals surface area (Å²) in [5, 5.41) is 3.70. The van der Waals surface area contributed by atoms with Gasteiger partial charge in [0.1, 0.15) is 0 Å². The van der Waals surface area contributed by atoms with Gasteiger partial charge in [0.05, 0.1) is 0 Å². The second-order valence-corrected chi connectivity index (χ2v) is 7.10. The number of fused-ring (bicyclic) bond motifs is 2. The van der Waals surface area contributed by atoms with Crippen LogP contribution in [0.25, 0.3) is 0 Å². The number of piperidine rings is 3. The third-order valence-corrected chi connectivity index (χ3v) is 5.74. The third-order valence-electron chi connectivity index (χ3n) is 5.74. The average Bonchev–Trinajstić information content (AvgIpc) is 2.46. The molecule has 2 atom stereocenters. The Balaban J connectivity index is 1.51. The number of hydrogen-bond acceptors (Lipinski definition) is 3. The van der Waals surface area contributed by atoms with Crippen LogP contribution < -0.4 is 5.32 Å². The molecule has 116 valence electrons. The molecule has 0 aromatic rings. The van der Waals surface area contributed by atoms with Gasteiger partial charge in [0.15, 0.2) is 0 Å². The van der Waals surface area contributed by atoms with Crippen molar-refractivity contribution in [2.75, 3.05) is 32.7 Å². The van der Waals surface area contributed by atoms with Gasteiger partial charge in [0.25, 0.3) is 0 Å². The molecular weight excluding hydrogens is 246 g/mol. The Bertz CT molecular complexity index is 274. The van der Waals surface area contributed by atoms with E-state index in [1.165, 1.54) is 77.5 Å². The van der Waals surface area contributed by atoms with E-state index in [0.29, 0.717) is 0 Å². The van der Waals surface area contributed by atoms with E-state index >= 15 is 0 Å². The lowest BCUT2D eigenvalue weighted by Gasteiger charge is -2.49. The molecule has 0 aliphatic carbocycles. The minimum Gasteiger partial charge on any atom is -0.314 e. The number of nitrogens with zero attached hydrogens (tertiary/aromatic N) is 2. The summed E-state index contributed by atoms with van der Waals surface area (Å²) < 4.78 is 0. The fourth-order valence-corrected chi connectivity index (χ4v) is 4.74. The molecule has 0 spiro atoms. The van der Waals surface area contributed by atoms with Gasteiger partial charge >= 0.3 is 0 Å². The normalized spacial score (nSPS) is 36.1. The standard InChI is InChI=1S/C17H33N3/c1-2-18-15-13-16-7-6-8-17(14-15)20(16)12-11-19-9-4-3-5-10-19/h15-18H,2-14H2,1H3. The first-order valence-electron chi connectivity index (χ1n) is 9.08. The van der Waals surface area contributed by atoms with Crippen LogP contribution in [-0.2, 0) is 0 Å². The van der Waals surface area contributed by atoms with Crippen LogP contribution in [0.5, 0.6) is 0 Å². The summed E-state index contributed by atoms with van der Waals surface area (Å²) in [5.74, 6) is 0. The highest BCUT2D eigenvalue weighted by atomic mass is 15.2. The van der Waals surface area contributed by atoms with Crippen molar-refractivity contribution in [3.63, 3.8) is 0 Å². The molecule has 3 heterocycles. The molecule has 0 radical (unpaired) electrons. The van der Waals surface area contributed by atoms with E-state index in [1.54, 1.807) is 0 Å². The lowest BCUT2D eigenvalue weighted by atomic mass is 9.81. The van der Waals surface area contributed by atoms with Gasteiger partial charge in [-0.15, -0.1) is 0 Å². The minimum atomic E-state index is 0.793. The van der Waals surface area contributed by atoms with E-state index in [0.717, 1.165) is 24.7 Å². The second-order valence-electron chi connectivity index (χ2n) is 7.10. The summed E-state index contributed by atoms with van der Waals surface area (Å²) in [6.07, 6.45) is 11.4. The third kappa shape index (κ3) is 3.55. The maximum absolute atomic E-state index is 3.70. The first-order chi connectivity index (χ1) is 9.86. The molecule has 2 bridgehead atoms.